The minimum atomic E-state index is -3.78. The molecule has 4 aromatic rings. The summed E-state index contributed by atoms with van der Waals surface area (Å²) in [4.78, 5) is 29.6. The van der Waals surface area contributed by atoms with Crippen LogP contribution in [0.5, 0.6) is 11.5 Å². The number of carbonyl (C=O) groups is 2. The second-order valence-corrected chi connectivity index (χ2v) is 12.2. The van der Waals surface area contributed by atoms with Crippen LogP contribution in [0.3, 0.4) is 0 Å². The third-order valence-corrected chi connectivity index (χ3v) is 8.31. The lowest BCUT2D eigenvalue weighted by molar-refractivity contribution is -0.141. The van der Waals surface area contributed by atoms with Crippen LogP contribution in [-0.4, -0.2) is 56.5 Å². The van der Waals surface area contributed by atoms with Crippen LogP contribution in [-0.2, 0) is 39.2 Å². The Balaban J connectivity index is 1.69. The van der Waals surface area contributed by atoms with Crippen molar-refractivity contribution in [2.45, 2.75) is 25.7 Å². The van der Waals surface area contributed by atoms with Gasteiger partial charge in [0.25, 0.3) is 0 Å². The summed E-state index contributed by atoms with van der Waals surface area (Å²) in [5.74, 6) is 0.428. The average Bonchev–Trinajstić information content (AvgIpc) is 3.04. The molecule has 0 saturated heterocycles. The molecular weight excluding hydrogens is 578 g/mol. The first-order valence-electron chi connectivity index (χ1n) is 14.0. The molecule has 1 unspecified atom stereocenters. The number of nitrogens with zero attached hydrogens (tertiary/aromatic N) is 2. The van der Waals surface area contributed by atoms with Crippen LogP contribution in [0, 0.1) is 0 Å². The Morgan fingerprint density at radius 1 is 0.705 bits per heavy atom. The summed E-state index contributed by atoms with van der Waals surface area (Å²) < 4.78 is 37.3. The SMILES string of the molecule is COc1ccc(CNC(=O)C(c2ccccc2)N(Cc2ccc(OC)cc2)C(=O)CN(Cc2ccccc2)S(C)(=O)=O)cc1. The summed E-state index contributed by atoms with van der Waals surface area (Å²) in [6, 6.07) is 31.5. The van der Waals surface area contributed by atoms with Crippen LogP contribution in [0.25, 0.3) is 0 Å². The van der Waals surface area contributed by atoms with Crippen molar-refractivity contribution in [3.05, 3.63) is 131 Å². The van der Waals surface area contributed by atoms with Crippen molar-refractivity contribution in [3.8, 4) is 11.5 Å². The Kier molecular flexibility index (Phi) is 11.1. The number of nitrogens with one attached hydrogen (secondary N) is 1. The maximum absolute atomic E-state index is 14.2. The fraction of sp³-hybridized carbons (Fsp3) is 0.235. The van der Waals surface area contributed by atoms with Gasteiger partial charge in [0.05, 0.1) is 27.0 Å². The van der Waals surface area contributed by atoms with Crippen LogP contribution < -0.4 is 14.8 Å². The molecule has 230 valence electrons. The standard InChI is InChI=1S/C34H37N3O6S/c1-42-30-18-14-26(15-19-30)22-35-34(39)33(29-12-8-5-9-13-29)37(24-28-16-20-31(43-2)21-17-28)32(38)25-36(44(3,40)41)23-27-10-6-4-7-11-27/h4-21,33H,22-25H2,1-3H3,(H,35,39). The lowest BCUT2D eigenvalue weighted by Gasteiger charge is -2.33. The van der Waals surface area contributed by atoms with E-state index in [9.17, 15) is 18.0 Å². The highest BCUT2D eigenvalue weighted by Gasteiger charge is 2.33. The highest BCUT2D eigenvalue weighted by atomic mass is 32.2. The molecule has 0 aliphatic carbocycles. The van der Waals surface area contributed by atoms with Gasteiger partial charge in [0.1, 0.15) is 17.5 Å². The summed E-state index contributed by atoms with van der Waals surface area (Å²) in [7, 11) is -0.629. The van der Waals surface area contributed by atoms with Crippen molar-refractivity contribution < 1.29 is 27.5 Å². The number of sulfonamides is 1. The molecule has 0 saturated carbocycles. The van der Waals surface area contributed by atoms with E-state index >= 15 is 0 Å². The molecule has 0 aliphatic heterocycles. The van der Waals surface area contributed by atoms with Gasteiger partial charge in [0.15, 0.2) is 0 Å². The van der Waals surface area contributed by atoms with Crippen molar-refractivity contribution in [1.29, 1.82) is 0 Å². The second-order valence-electron chi connectivity index (χ2n) is 10.3. The first kappa shape index (κ1) is 32.2. The Morgan fingerprint density at radius 2 is 1.20 bits per heavy atom. The second kappa shape index (κ2) is 15.2. The summed E-state index contributed by atoms with van der Waals surface area (Å²) in [5.41, 5.74) is 2.93. The summed E-state index contributed by atoms with van der Waals surface area (Å²) in [6.07, 6.45) is 1.08. The molecule has 0 spiro atoms. The first-order valence-corrected chi connectivity index (χ1v) is 15.9. The minimum Gasteiger partial charge on any atom is -0.497 e. The fourth-order valence-corrected chi connectivity index (χ4v) is 5.44. The lowest BCUT2D eigenvalue weighted by atomic mass is 10.0. The maximum atomic E-state index is 14.2. The molecule has 4 aromatic carbocycles. The van der Waals surface area contributed by atoms with Crippen LogP contribution in [0.15, 0.2) is 109 Å². The predicted octanol–water partition coefficient (Wildman–Crippen LogP) is 4.55. The van der Waals surface area contributed by atoms with Gasteiger partial charge in [0.2, 0.25) is 21.8 Å². The molecule has 0 aromatic heterocycles. The number of benzene rings is 4. The van der Waals surface area contributed by atoms with Crippen molar-refractivity contribution in [3.63, 3.8) is 0 Å². The zero-order valence-corrected chi connectivity index (χ0v) is 25.9. The Bertz CT molecular complexity index is 1610. The molecular formula is C34H37N3O6S. The molecule has 10 heteroatoms. The Morgan fingerprint density at radius 3 is 1.73 bits per heavy atom. The smallest absolute Gasteiger partial charge is 0.247 e. The van der Waals surface area contributed by atoms with Crippen LogP contribution in [0.2, 0.25) is 0 Å². The molecule has 0 bridgehead atoms. The maximum Gasteiger partial charge on any atom is 0.247 e. The number of methoxy groups -OCH3 is 2. The van der Waals surface area contributed by atoms with E-state index < -0.39 is 34.4 Å². The van der Waals surface area contributed by atoms with E-state index in [1.807, 2.05) is 60.7 Å². The van der Waals surface area contributed by atoms with Crippen molar-refractivity contribution in [2.24, 2.45) is 0 Å². The summed E-state index contributed by atoms with van der Waals surface area (Å²) in [6.45, 7) is -0.151. The van der Waals surface area contributed by atoms with Crippen molar-refractivity contribution in [1.82, 2.24) is 14.5 Å². The van der Waals surface area contributed by atoms with Gasteiger partial charge in [-0.1, -0.05) is 84.9 Å². The van der Waals surface area contributed by atoms with Gasteiger partial charge in [-0.15, -0.1) is 0 Å². The van der Waals surface area contributed by atoms with Crippen LogP contribution in [0.1, 0.15) is 28.3 Å². The third-order valence-electron chi connectivity index (χ3n) is 7.12. The zero-order chi connectivity index (χ0) is 31.5. The fourth-order valence-electron chi connectivity index (χ4n) is 4.71. The molecule has 0 radical (unpaired) electrons. The molecule has 0 heterocycles. The number of rotatable bonds is 14. The number of ether oxygens (including phenoxy) is 2. The average molecular weight is 616 g/mol. The lowest BCUT2D eigenvalue weighted by Crippen LogP contribution is -2.47. The monoisotopic (exact) mass is 615 g/mol. The van der Waals surface area contributed by atoms with E-state index in [1.165, 1.54) is 4.90 Å². The topological polar surface area (TPSA) is 105 Å². The Labute approximate surface area is 259 Å². The summed E-state index contributed by atoms with van der Waals surface area (Å²) in [5, 5.41) is 2.97. The highest BCUT2D eigenvalue weighted by molar-refractivity contribution is 7.88. The van der Waals surface area contributed by atoms with E-state index in [2.05, 4.69) is 5.32 Å². The largest absolute Gasteiger partial charge is 0.497 e. The van der Waals surface area contributed by atoms with E-state index in [-0.39, 0.29) is 19.6 Å². The van der Waals surface area contributed by atoms with Gasteiger partial charge < -0.3 is 19.7 Å². The van der Waals surface area contributed by atoms with Crippen molar-refractivity contribution >= 4 is 21.8 Å². The van der Waals surface area contributed by atoms with Gasteiger partial charge in [0, 0.05) is 19.6 Å². The highest BCUT2D eigenvalue weighted by Crippen LogP contribution is 2.26. The van der Waals surface area contributed by atoms with E-state index in [1.54, 1.807) is 62.8 Å². The first-order chi connectivity index (χ1) is 21.2. The van der Waals surface area contributed by atoms with Gasteiger partial charge in [-0.05, 0) is 46.5 Å². The number of amides is 2. The molecule has 9 nitrogen and oxygen atoms in total. The third kappa shape index (κ3) is 8.92. The van der Waals surface area contributed by atoms with Gasteiger partial charge >= 0.3 is 0 Å². The molecule has 0 aliphatic rings. The van der Waals surface area contributed by atoms with Crippen LogP contribution >= 0.6 is 0 Å². The molecule has 44 heavy (non-hydrogen) atoms. The molecule has 1 atom stereocenters. The molecule has 1 N–H and O–H groups in total. The van der Waals surface area contributed by atoms with E-state index in [0.29, 0.717) is 17.1 Å². The van der Waals surface area contributed by atoms with E-state index in [4.69, 9.17) is 9.47 Å². The number of hydrogen-bond acceptors (Lipinski definition) is 6. The minimum absolute atomic E-state index is 0.0153. The van der Waals surface area contributed by atoms with Gasteiger partial charge in [-0.3, -0.25) is 9.59 Å². The van der Waals surface area contributed by atoms with Crippen LogP contribution in [0.4, 0.5) is 0 Å². The quantitative estimate of drug-likeness (QED) is 0.223. The van der Waals surface area contributed by atoms with Gasteiger partial charge in [-0.2, -0.15) is 4.31 Å². The van der Waals surface area contributed by atoms with Gasteiger partial charge in [-0.25, -0.2) is 8.42 Å². The Hall–Kier alpha value is -4.67. The molecule has 0 fully saturated rings. The zero-order valence-electron chi connectivity index (χ0n) is 25.1. The molecule has 4 rings (SSSR count). The predicted molar refractivity (Wildman–Crippen MR) is 169 cm³/mol. The number of carbonyl (C=O) groups excluding carboxylic acids is 2. The molecule has 2 amide bonds. The number of hydrogen-bond donors (Lipinski definition) is 1. The van der Waals surface area contributed by atoms with E-state index in [0.717, 1.165) is 27.3 Å². The van der Waals surface area contributed by atoms with Crippen molar-refractivity contribution in [2.75, 3.05) is 27.0 Å². The summed E-state index contributed by atoms with van der Waals surface area (Å²) >= 11 is 0. The normalized spacial score (nSPS) is 11.9.